The molecule has 3 aromatic rings. The molecule has 1 aliphatic heterocycles. The highest BCUT2D eigenvalue weighted by atomic mass is 79.9. The van der Waals surface area contributed by atoms with Gasteiger partial charge in [0, 0.05) is 23.5 Å². The van der Waals surface area contributed by atoms with Gasteiger partial charge in [-0.25, -0.2) is 12.9 Å². The maximum Gasteiger partial charge on any atom is 0.306 e. The van der Waals surface area contributed by atoms with Gasteiger partial charge in [0.15, 0.2) is 0 Å². The summed E-state index contributed by atoms with van der Waals surface area (Å²) in [5.41, 5.74) is 5.93. The summed E-state index contributed by atoms with van der Waals surface area (Å²) in [5.74, 6) is -0.513. The van der Waals surface area contributed by atoms with Gasteiger partial charge in [-0.15, -0.1) is 0 Å². The highest BCUT2D eigenvalue weighted by Gasteiger charge is 2.27. The molecule has 0 N–H and O–H groups in total. The third-order valence-corrected chi connectivity index (χ3v) is 8.95. The standard InChI is InChI=1S/C30H33BrFNO3S/c1-5-36-30(34)16-28(27-10-9-26(32)13-21(27)4)22-7-6-20(3)24(14-22)18-33-17-19(2)12-23-15-25(31)8-11-29(23)37(33)35/h6-11,13-15,19,28H,5,12,16-18H2,1-4H3. The van der Waals surface area contributed by atoms with Crippen LogP contribution in [0.4, 0.5) is 4.39 Å². The molecule has 3 atom stereocenters. The zero-order valence-corrected chi connectivity index (χ0v) is 24.1. The van der Waals surface area contributed by atoms with Crippen LogP contribution < -0.4 is 0 Å². The quantitative estimate of drug-likeness (QED) is 0.280. The topological polar surface area (TPSA) is 46.6 Å². The van der Waals surface area contributed by atoms with Gasteiger partial charge in [-0.3, -0.25) is 4.79 Å². The molecule has 4 rings (SSSR count). The van der Waals surface area contributed by atoms with Gasteiger partial charge in [0.2, 0.25) is 0 Å². The van der Waals surface area contributed by atoms with Crippen LogP contribution in [0, 0.1) is 25.6 Å². The van der Waals surface area contributed by atoms with Crippen LogP contribution >= 0.6 is 15.9 Å². The van der Waals surface area contributed by atoms with Crippen LogP contribution in [0.5, 0.6) is 0 Å². The van der Waals surface area contributed by atoms with Gasteiger partial charge in [0.25, 0.3) is 0 Å². The zero-order chi connectivity index (χ0) is 26.7. The predicted molar refractivity (Wildman–Crippen MR) is 149 cm³/mol. The van der Waals surface area contributed by atoms with Gasteiger partial charge in [-0.2, -0.15) is 0 Å². The minimum atomic E-state index is -1.28. The second kappa shape index (κ2) is 12.0. The number of esters is 1. The highest BCUT2D eigenvalue weighted by molar-refractivity contribution is 9.10. The van der Waals surface area contributed by atoms with Gasteiger partial charge in [-0.1, -0.05) is 47.1 Å². The Kier molecular flexibility index (Phi) is 8.98. The maximum absolute atomic E-state index is 13.9. The van der Waals surface area contributed by atoms with Gasteiger partial charge in [0.05, 0.1) is 17.9 Å². The van der Waals surface area contributed by atoms with Crippen LogP contribution in [0.3, 0.4) is 0 Å². The lowest BCUT2D eigenvalue weighted by atomic mass is 9.84. The monoisotopic (exact) mass is 585 g/mol. The molecular weight excluding hydrogens is 553 g/mol. The number of hydrogen-bond donors (Lipinski definition) is 0. The lowest BCUT2D eigenvalue weighted by Crippen LogP contribution is -2.29. The van der Waals surface area contributed by atoms with Gasteiger partial charge >= 0.3 is 5.97 Å². The molecule has 0 fully saturated rings. The van der Waals surface area contributed by atoms with Gasteiger partial charge < -0.3 is 4.74 Å². The normalized spacial score (nSPS) is 18.6. The Morgan fingerprint density at radius 3 is 2.65 bits per heavy atom. The molecule has 1 heterocycles. The summed E-state index contributed by atoms with van der Waals surface area (Å²) < 4.78 is 35.9. The van der Waals surface area contributed by atoms with Gasteiger partial charge in [0.1, 0.15) is 16.8 Å². The largest absolute Gasteiger partial charge is 0.466 e. The molecule has 3 unspecified atom stereocenters. The summed E-state index contributed by atoms with van der Waals surface area (Å²) in [6, 6.07) is 16.9. The SMILES string of the molecule is CCOC(=O)CC(c1ccc(C)c(CN2CC(C)Cc3cc(Br)ccc3S2=O)c1)c1ccc(F)cc1C. The second-order valence-electron chi connectivity index (χ2n) is 9.88. The third-order valence-electron chi connectivity index (χ3n) is 6.93. The lowest BCUT2D eigenvalue weighted by molar-refractivity contribution is -0.143. The van der Waals surface area contributed by atoms with Crippen molar-refractivity contribution in [1.29, 1.82) is 0 Å². The smallest absolute Gasteiger partial charge is 0.306 e. The fraction of sp³-hybridized carbons (Fsp3) is 0.367. The Bertz CT molecular complexity index is 1330. The predicted octanol–water partition coefficient (Wildman–Crippen LogP) is 7.01. The average Bonchev–Trinajstić information content (AvgIpc) is 2.94. The second-order valence-corrected chi connectivity index (χ2v) is 12.3. The van der Waals surface area contributed by atoms with Crippen molar-refractivity contribution >= 4 is 32.9 Å². The van der Waals surface area contributed by atoms with Crippen LogP contribution in [0.2, 0.25) is 0 Å². The number of carbonyl (C=O) groups is 1. The van der Waals surface area contributed by atoms with Crippen molar-refractivity contribution < 1.29 is 18.1 Å². The Hall–Kier alpha value is -2.35. The van der Waals surface area contributed by atoms with E-state index in [-0.39, 0.29) is 24.1 Å². The number of hydrogen-bond acceptors (Lipinski definition) is 3. The minimum absolute atomic E-state index is 0.164. The molecule has 7 heteroatoms. The molecule has 0 aromatic heterocycles. The number of ether oxygens (including phenoxy) is 1. The van der Waals surface area contributed by atoms with E-state index < -0.39 is 11.0 Å². The number of aryl methyl sites for hydroxylation is 2. The number of nitrogens with zero attached hydrogens (tertiary/aromatic N) is 1. The average molecular weight is 587 g/mol. The summed E-state index contributed by atoms with van der Waals surface area (Å²) in [7, 11) is -1.28. The van der Waals surface area contributed by atoms with Crippen molar-refractivity contribution in [2.24, 2.45) is 5.92 Å². The molecule has 0 amide bonds. The molecule has 0 saturated carbocycles. The van der Waals surface area contributed by atoms with E-state index in [2.05, 4.69) is 48.0 Å². The molecule has 4 nitrogen and oxygen atoms in total. The van der Waals surface area contributed by atoms with Crippen LogP contribution in [0.1, 0.15) is 59.6 Å². The minimum Gasteiger partial charge on any atom is -0.466 e. The maximum atomic E-state index is 13.9. The Balaban J connectivity index is 1.69. The van der Waals surface area contributed by atoms with Crippen molar-refractivity contribution in [2.45, 2.75) is 57.9 Å². The number of fused-ring (bicyclic) bond motifs is 1. The van der Waals surface area contributed by atoms with Crippen molar-refractivity contribution in [1.82, 2.24) is 4.31 Å². The van der Waals surface area contributed by atoms with E-state index in [9.17, 15) is 13.4 Å². The molecule has 0 aliphatic carbocycles. The Morgan fingerprint density at radius 2 is 1.92 bits per heavy atom. The number of benzene rings is 3. The molecule has 0 radical (unpaired) electrons. The van der Waals surface area contributed by atoms with Crippen LogP contribution in [0.25, 0.3) is 0 Å². The van der Waals surface area contributed by atoms with Crippen LogP contribution in [-0.2, 0) is 33.5 Å². The Labute approximate surface area is 229 Å². The number of carbonyl (C=O) groups excluding carboxylic acids is 1. The molecular formula is C30H33BrFNO3S. The summed E-state index contributed by atoms with van der Waals surface area (Å²) in [4.78, 5) is 13.4. The zero-order valence-electron chi connectivity index (χ0n) is 21.7. The van der Waals surface area contributed by atoms with E-state index in [0.717, 1.165) is 49.2 Å². The fourth-order valence-corrected chi connectivity index (χ4v) is 6.97. The first-order chi connectivity index (χ1) is 17.7. The first-order valence-corrected chi connectivity index (χ1v) is 14.5. The molecule has 196 valence electrons. The number of halogens is 2. The summed E-state index contributed by atoms with van der Waals surface area (Å²) in [6.07, 6.45) is 1.04. The van der Waals surface area contributed by atoms with E-state index in [1.54, 1.807) is 13.0 Å². The first-order valence-electron chi connectivity index (χ1n) is 12.6. The Morgan fingerprint density at radius 1 is 1.14 bits per heavy atom. The highest BCUT2D eigenvalue weighted by Crippen LogP contribution is 2.34. The van der Waals surface area contributed by atoms with Crippen molar-refractivity contribution in [3.63, 3.8) is 0 Å². The fourth-order valence-electron chi connectivity index (χ4n) is 5.09. The van der Waals surface area contributed by atoms with Crippen LogP contribution in [0.15, 0.2) is 64.0 Å². The lowest BCUT2D eigenvalue weighted by Gasteiger charge is -2.24. The van der Waals surface area contributed by atoms with E-state index in [0.29, 0.717) is 25.6 Å². The summed E-state index contributed by atoms with van der Waals surface area (Å²) >= 11 is 3.54. The number of rotatable bonds is 7. The van der Waals surface area contributed by atoms with Crippen molar-refractivity contribution in [3.05, 3.63) is 98.3 Å². The molecule has 37 heavy (non-hydrogen) atoms. The van der Waals surface area contributed by atoms with E-state index in [4.69, 9.17) is 4.74 Å². The van der Waals surface area contributed by atoms with E-state index >= 15 is 0 Å². The summed E-state index contributed by atoms with van der Waals surface area (Å²) in [5, 5.41) is 0. The van der Waals surface area contributed by atoms with Crippen molar-refractivity contribution in [3.8, 4) is 0 Å². The molecule has 3 aromatic carbocycles. The first kappa shape index (κ1) is 27.7. The molecule has 0 saturated heterocycles. The van der Waals surface area contributed by atoms with Crippen LogP contribution in [-0.4, -0.2) is 27.6 Å². The van der Waals surface area contributed by atoms with Gasteiger partial charge in [-0.05, 0) is 96.8 Å². The van der Waals surface area contributed by atoms with Crippen molar-refractivity contribution in [2.75, 3.05) is 13.2 Å². The van der Waals surface area contributed by atoms with E-state index in [1.807, 2.05) is 29.4 Å². The molecule has 0 bridgehead atoms. The third kappa shape index (κ3) is 6.57. The summed E-state index contributed by atoms with van der Waals surface area (Å²) in [6.45, 7) is 9.45. The molecule has 0 spiro atoms. The molecule has 1 aliphatic rings. The van der Waals surface area contributed by atoms with E-state index in [1.165, 1.54) is 12.1 Å².